The molecule has 0 unspecified atom stereocenters. The van der Waals surface area contributed by atoms with Gasteiger partial charge in [-0.2, -0.15) is 0 Å². The molecule has 17 heavy (non-hydrogen) atoms. The van der Waals surface area contributed by atoms with Crippen LogP contribution in [0.15, 0.2) is 18.2 Å². The number of nitrogens with two attached hydrogens (primary N) is 1. The minimum Gasteiger partial charge on any atom is -0.328 e. The first-order valence-electron chi connectivity index (χ1n) is 5.83. The molecule has 1 saturated carbocycles. The van der Waals surface area contributed by atoms with Crippen LogP contribution >= 0.6 is 0 Å². The van der Waals surface area contributed by atoms with E-state index in [1.165, 1.54) is 6.07 Å². The Morgan fingerprint density at radius 1 is 1.12 bits per heavy atom. The predicted octanol–water partition coefficient (Wildman–Crippen LogP) is 2.67. The molecule has 4 heteroatoms. The van der Waals surface area contributed by atoms with Crippen molar-refractivity contribution in [3.05, 3.63) is 35.4 Å². The van der Waals surface area contributed by atoms with Crippen LogP contribution in [0.25, 0.3) is 0 Å². The summed E-state index contributed by atoms with van der Waals surface area (Å²) in [4.78, 5) is 12.0. The van der Waals surface area contributed by atoms with E-state index in [-0.39, 0.29) is 23.3 Å². The molecule has 0 spiro atoms. The van der Waals surface area contributed by atoms with Gasteiger partial charge in [-0.3, -0.25) is 4.79 Å². The van der Waals surface area contributed by atoms with E-state index in [4.69, 9.17) is 5.73 Å². The number of hydrogen-bond donors (Lipinski definition) is 1. The molecule has 1 aromatic carbocycles. The zero-order valence-electron chi connectivity index (χ0n) is 9.46. The summed E-state index contributed by atoms with van der Waals surface area (Å²) in [5, 5.41) is 0. The largest absolute Gasteiger partial charge is 0.328 e. The fourth-order valence-corrected chi connectivity index (χ4v) is 2.27. The third kappa shape index (κ3) is 2.69. The zero-order chi connectivity index (χ0) is 12.4. The molecule has 0 radical (unpaired) electrons. The Hall–Kier alpha value is -1.29. The zero-order valence-corrected chi connectivity index (χ0v) is 9.46. The molecule has 0 amide bonds. The Balaban J connectivity index is 2.11. The molecule has 0 bridgehead atoms. The number of carbonyl (C=O) groups is 1. The van der Waals surface area contributed by atoms with Crippen molar-refractivity contribution in [3.8, 4) is 0 Å². The third-order valence-electron chi connectivity index (χ3n) is 3.35. The molecule has 0 aliphatic heterocycles. The van der Waals surface area contributed by atoms with Gasteiger partial charge in [-0.25, -0.2) is 8.78 Å². The van der Waals surface area contributed by atoms with Crippen molar-refractivity contribution in [1.82, 2.24) is 0 Å². The Kier molecular flexibility index (Phi) is 3.52. The number of benzene rings is 1. The van der Waals surface area contributed by atoms with Crippen LogP contribution in [0.1, 0.15) is 36.0 Å². The first-order chi connectivity index (χ1) is 8.08. The van der Waals surface area contributed by atoms with Crippen molar-refractivity contribution < 1.29 is 13.6 Å². The fourth-order valence-electron chi connectivity index (χ4n) is 2.27. The molecule has 1 aromatic rings. The lowest BCUT2D eigenvalue weighted by Crippen LogP contribution is -2.29. The van der Waals surface area contributed by atoms with Crippen LogP contribution in [0.3, 0.4) is 0 Å². The molecular weight excluding hydrogens is 224 g/mol. The Morgan fingerprint density at radius 2 is 1.76 bits per heavy atom. The van der Waals surface area contributed by atoms with Crippen molar-refractivity contribution in [1.29, 1.82) is 0 Å². The molecule has 0 heterocycles. The van der Waals surface area contributed by atoms with Gasteiger partial charge in [-0.15, -0.1) is 0 Å². The van der Waals surface area contributed by atoms with E-state index in [9.17, 15) is 13.6 Å². The van der Waals surface area contributed by atoms with Gasteiger partial charge in [0.15, 0.2) is 17.4 Å². The summed E-state index contributed by atoms with van der Waals surface area (Å²) in [5.74, 6) is -2.09. The number of rotatable bonds is 2. The minimum atomic E-state index is -0.969. The molecule has 1 aliphatic rings. The van der Waals surface area contributed by atoms with Gasteiger partial charge in [0.05, 0.1) is 0 Å². The van der Waals surface area contributed by atoms with E-state index in [0.717, 1.165) is 37.8 Å². The molecule has 2 nitrogen and oxygen atoms in total. The van der Waals surface area contributed by atoms with Crippen LogP contribution in [-0.2, 0) is 0 Å². The van der Waals surface area contributed by atoms with E-state index in [1.54, 1.807) is 0 Å². The van der Waals surface area contributed by atoms with Gasteiger partial charge in [0, 0.05) is 17.5 Å². The monoisotopic (exact) mass is 239 g/mol. The smallest absolute Gasteiger partial charge is 0.166 e. The Morgan fingerprint density at radius 3 is 2.35 bits per heavy atom. The van der Waals surface area contributed by atoms with Crippen LogP contribution in [0, 0.1) is 17.6 Å². The molecule has 1 aliphatic carbocycles. The maximum absolute atomic E-state index is 13.0. The molecule has 92 valence electrons. The highest BCUT2D eigenvalue weighted by Crippen LogP contribution is 2.26. The summed E-state index contributed by atoms with van der Waals surface area (Å²) in [6.07, 6.45) is 3.11. The van der Waals surface area contributed by atoms with Crippen molar-refractivity contribution >= 4 is 5.78 Å². The molecule has 0 saturated heterocycles. The number of ketones is 1. The van der Waals surface area contributed by atoms with Crippen LogP contribution in [-0.4, -0.2) is 11.8 Å². The van der Waals surface area contributed by atoms with Gasteiger partial charge in [0.1, 0.15) is 0 Å². The van der Waals surface area contributed by atoms with Crippen molar-refractivity contribution in [2.24, 2.45) is 11.7 Å². The van der Waals surface area contributed by atoms with Crippen LogP contribution in [0.4, 0.5) is 8.78 Å². The summed E-state index contributed by atoms with van der Waals surface area (Å²) < 4.78 is 25.8. The van der Waals surface area contributed by atoms with Crippen molar-refractivity contribution in [2.45, 2.75) is 31.7 Å². The molecule has 0 aromatic heterocycles. The van der Waals surface area contributed by atoms with Gasteiger partial charge < -0.3 is 5.73 Å². The van der Waals surface area contributed by atoms with Crippen LogP contribution < -0.4 is 5.73 Å². The molecular formula is C13H15F2NO. The summed E-state index contributed by atoms with van der Waals surface area (Å²) in [5.41, 5.74) is 6.01. The highest BCUT2D eigenvalue weighted by atomic mass is 19.2. The average molecular weight is 239 g/mol. The van der Waals surface area contributed by atoms with Crippen LogP contribution in [0.2, 0.25) is 0 Å². The molecule has 1 fully saturated rings. The van der Waals surface area contributed by atoms with Gasteiger partial charge in [0.25, 0.3) is 0 Å². The van der Waals surface area contributed by atoms with Gasteiger partial charge in [-0.05, 0) is 43.9 Å². The highest BCUT2D eigenvalue weighted by Gasteiger charge is 2.25. The molecule has 2 rings (SSSR count). The molecule has 0 atom stereocenters. The quantitative estimate of drug-likeness (QED) is 0.806. The normalized spacial score (nSPS) is 24.6. The SMILES string of the molecule is NC1CCC(C(=O)c2ccc(F)c(F)c2)CC1. The summed E-state index contributed by atoms with van der Waals surface area (Å²) >= 11 is 0. The first-order valence-corrected chi connectivity index (χ1v) is 5.83. The predicted molar refractivity (Wildman–Crippen MR) is 60.6 cm³/mol. The molecule has 2 N–H and O–H groups in total. The van der Waals surface area contributed by atoms with E-state index >= 15 is 0 Å². The number of Topliss-reactive ketones (excluding diaryl/α,β-unsaturated/α-hetero) is 1. The number of carbonyl (C=O) groups excluding carboxylic acids is 1. The number of halogens is 2. The Labute approximate surface area is 98.8 Å². The average Bonchev–Trinajstić information content (AvgIpc) is 2.33. The lowest BCUT2D eigenvalue weighted by Gasteiger charge is -2.24. The summed E-state index contributed by atoms with van der Waals surface area (Å²) in [6, 6.07) is 3.49. The lowest BCUT2D eigenvalue weighted by molar-refractivity contribution is 0.0884. The fraction of sp³-hybridized carbons (Fsp3) is 0.462. The second-order valence-electron chi connectivity index (χ2n) is 4.60. The second kappa shape index (κ2) is 4.92. The third-order valence-corrected chi connectivity index (χ3v) is 3.35. The van der Waals surface area contributed by atoms with Crippen molar-refractivity contribution in [2.75, 3.05) is 0 Å². The maximum Gasteiger partial charge on any atom is 0.166 e. The lowest BCUT2D eigenvalue weighted by atomic mass is 9.82. The summed E-state index contributed by atoms with van der Waals surface area (Å²) in [6.45, 7) is 0. The van der Waals surface area contributed by atoms with Crippen molar-refractivity contribution in [3.63, 3.8) is 0 Å². The maximum atomic E-state index is 13.0. The van der Waals surface area contributed by atoms with E-state index < -0.39 is 11.6 Å². The Bertz CT molecular complexity index is 425. The summed E-state index contributed by atoms with van der Waals surface area (Å²) in [7, 11) is 0. The highest BCUT2D eigenvalue weighted by molar-refractivity contribution is 5.97. The van der Waals surface area contributed by atoms with Crippen LogP contribution in [0.5, 0.6) is 0 Å². The minimum absolute atomic E-state index is 0.0975. The van der Waals surface area contributed by atoms with E-state index in [1.807, 2.05) is 0 Å². The topological polar surface area (TPSA) is 43.1 Å². The standard InChI is InChI=1S/C13H15F2NO/c14-11-6-3-9(7-12(11)15)13(17)8-1-4-10(16)5-2-8/h3,6-8,10H,1-2,4-5,16H2. The van der Waals surface area contributed by atoms with Gasteiger partial charge >= 0.3 is 0 Å². The van der Waals surface area contributed by atoms with E-state index in [0.29, 0.717) is 0 Å². The van der Waals surface area contributed by atoms with Gasteiger partial charge in [-0.1, -0.05) is 0 Å². The number of hydrogen-bond acceptors (Lipinski definition) is 2. The van der Waals surface area contributed by atoms with E-state index in [2.05, 4.69) is 0 Å². The first kappa shape index (κ1) is 12.2. The second-order valence-corrected chi connectivity index (χ2v) is 4.60. The van der Waals surface area contributed by atoms with Gasteiger partial charge in [0.2, 0.25) is 0 Å².